The van der Waals surface area contributed by atoms with E-state index in [1.165, 1.54) is 19.1 Å². The number of sulfone groups is 1. The summed E-state index contributed by atoms with van der Waals surface area (Å²) in [5.74, 6) is 0.535. The number of carbonyl (C=O) groups is 1. The second-order valence-electron chi connectivity index (χ2n) is 7.53. The SMILES string of the molecule is CC(C)CC1CCCCCN1C(=O)Nc1cccc(CS(C)(=O)=O)c1. The van der Waals surface area contributed by atoms with Crippen LogP contribution in [0.3, 0.4) is 0 Å². The van der Waals surface area contributed by atoms with Crippen molar-refractivity contribution >= 4 is 21.6 Å². The molecule has 1 aliphatic heterocycles. The maximum Gasteiger partial charge on any atom is 0.322 e. The van der Waals surface area contributed by atoms with Crippen molar-refractivity contribution in [1.29, 1.82) is 0 Å². The van der Waals surface area contributed by atoms with Crippen LogP contribution in [-0.4, -0.2) is 38.2 Å². The third kappa shape index (κ3) is 6.69. The maximum atomic E-state index is 12.8. The van der Waals surface area contributed by atoms with Crippen LogP contribution in [0, 0.1) is 5.92 Å². The summed E-state index contributed by atoms with van der Waals surface area (Å²) in [6, 6.07) is 7.30. The minimum atomic E-state index is -3.09. The number of anilines is 1. The molecule has 1 saturated heterocycles. The molecule has 0 radical (unpaired) electrons. The van der Waals surface area contributed by atoms with Crippen LogP contribution in [0.4, 0.5) is 10.5 Å². The first kappa shape index (κ1) is 19.8. The van der Waals surface area contributed by atoms with Crippen molar-refractivity contribution in [3.05, 3.63) is 29.8 Å². The number of amides is 2. The van der Waals surface area contributed by atoms with E-state index in [4.69, 9.17) is 0 Å². The minimum Gasteiger partial charge on any atom is -0.322 e. The predicted octanol–water partition coefficient (Wildman–Crippen LogP) is 4.05. The van der Waals surface area contributed by atoms with Crippen LogP contribution >= 0.6 is 0 Å². The summed E-state index contributed by atoms with van der Waals surface area (Å²) in [7, 11) is -3.09. The van der Waals surface area contributed by atoms with Crippen molar-refractivity contribution < 1.29 is 13.2 Å². The highest BCUT2D eigenvalue weighted by atomic mass is 32.2. The first-order chi connectivity index (χ1) is 11.7. The molecule has 0 spiro atoms. The van der Waals surface area contributed by atoms with Gasteiger partial charge in [0, 0.05) is 24.5 Å². The molecule has 0 saturated carbocycles. The van der Waals surface area contributed by atoms with E-state index in [2.05, 4.69) is 19.2 Å². The van der Waals surface area contributed by atoms with Crippen molar-refractivity contribution in [2.75, 3.05) is 18.1 Å². The largest absolute Gasteiger partial charge is 0.322 e. The van der Waals surface area contributed by atoms with E-state index in [1.807, 2.05) is 4.90 Å². The second-order valence-corrected chi connectivity index (χ2v) is 9.67. The third-order valence-electron chi connectivity index (χ3n) is 4.49. The molecule has 1 unspecified atom stereocenters. The standard InChI is InChI=1S/C19H30N2O3S/c1-15(2)12-18-10-5-4-6-11-21(18)19(22)20-17-9-7-8-16(13-17)14-25(3,23)24/h7-9,13,15,18H,4-6,10-12,14H2,1-3H3,(H,20,22). The van der Waals surface area contributed by atoms with E-state index in [0.717, 1.165) is 25.8 Å². The van der Waals surface area contributed by atoms with Crippen molar-refractivity contribution in [3.8, 4) is 0 Å². The van der Waals surface area contributed by atoms with Crippen LogP contribution in [0.5, 0.6) is 0 Å². The lowest BCUT2D eigenvalue weighted by molar-refractivity contribution is 0.178. The van der Waals surface area contributed by atoms with Crippen molar-refractivity contribution in [2.45, 2.75) is 57.7 Å². The average molecular weight is 367 g/mol. The lowest BCUT2D eigenvalue weighted by Gasteiger charge is -2.31. The fraction of sp³-hybridized carbons (Fsp3) is 0.632. The molecule has 5 nitrogen and oxygen atoms in total. The van der Waals surface area contributed by atoms with Crippen molar-refractivity contribution in [3.63, 3.8) is 0 Å². The van der Waals surface area contributed by atoms with E-state index in [-0.39, 0.29) is 17.8 Å². The molecule has 0 aliphatic carbocycles. The number of likely N-dealkylation sites (tertiary alicyclic amines) is 1. The number of urea groups is 1. The summed E-state index contributed by atoms with van der Waals surface area (Å²) in [6.07, 6.45) is 6.66. The van der Waals surface area contributed by atoms with Gasteiger partial charge < -0.3 is 10.2 Å². The molecule has 2 amide bonds. The zero-order chi connectivity index (χ0) is 18.4. The Morgan fingerprint density at radius 3 is 2.72 bits per heavy atom. The molecule has 140 valence electrons. The number of rotatable bonds is 5. The minimum absolute atomic E-state index is 0.0175. The maximum absolute atomic E-state index is 12.8. The lowest BCUT2D eigenvalue weighted by Crippen LogP contribution is -2.43. The highest BCUT2D eigenvalue weighted by Gasteiger charge is 2.26. The van der Waals surface area contributed by atoms with E-state index in [0.29, 0.717) is 17.2 Å². The number of hydrogen-bond donors (Lipinski definition) is 1. The molecule has 25 heavy (non-hydrogen) atoms. The Bertz CT molecular complexity index is 686. The Labute approximate surface area is 151 Å². The molecule has 0 bridgehead atoms. The molecule has 1 N–H and O–H groups in total. The summed E-state index contributed by atoms with van der Waals surface area (Å²) < 4.78 is 22.9. The van der Waals surface area contributed by atoms with Crippen molar-refractivity contribution in [2.24, 2.45) is 5.92 Å². The first-order valence-corrected chi connectivity index (χ1v) is 11.1. The Balaban J connectivity index is 2.09. The monoisotopic (exact) mass is 366 g/mol. The topological polar surface area (TPSA) is 66.5 Å². The van der Waals surface area contributed by atoms with E-state index in [9.17, 15) is 13.2 Å². The molecule has 1 aromatic rings. The Morgan fingerprint density at radius 1 is 1.28 bits per heavy atom. The molecule has 1 fully saturated rings. The second kappa shape index (κ2) is 8.70. The van der Waals surface area contributed by atoms with Crippen LogP contribution in [0.25, 0.3) is 0 Å². The molecular weight excluding hydrogens is 336 g/mol. The zero-order valence-electron chi connectivity index (χ0n) is 15.5. The van der Waals surface area contributed by atoms with E-state index < -0.39 is 9.84 Å². The van der Waals surface area contributed by atoms with Crippen LogP contribution in [0.15, 0.2) is 24.3 Å². The smallest absolute Gasteiger partial charge is 0.322 e. The first-order valence-electron chi connectivity index (χ1n) is 9.09. The summed E-state index contributed by atoms with van der Waals surface area (Å²) >= 11 is 0. The van der Waals surface area contributed by atoms with Gasteiger partial charge in [0.1, 0.15) is 0 Å². The van der Waals surface area contributed by atoms with Gasteiger partial charge in [0.25, 0.3) is 0 Å². The summed E-state index contributed by atoms with van der Waals surface area (Å²) in [5.41, 5.74) is 1.34. The summed E-state index contributed by atoms with van der Waals surface area (Å²) in [5, 5.41) is 2.96. The zero-order valence-corrected chi connectivity index (χ0v) is 16.3. The van der Waals surface area contributed by atoms with Gasteiger partial charge in [-0.1, -0.05) is 38.8 Å². The molecule has 1 atom stereocenters. The van der Waals surface area contributed by atoms with Crippen LogP contribution in [0.1, 0.15) is 51.5 Å². The molecule has 0 aromatic heterocycles. The van der Waals surface area contributed by atoms with Gasteiger partial charge >= 0.3 is 6.03 Å². The van der Waals surface area contributed by atoms with E-state index in [1.54, 1.807) is 24.3 Å². The van der Waals surface area contributed by atoms with Crippen LogP contribution in [-0.2, 0) is 15.6 Å². The van der Waals surface area contributed by atoms with Gasteiger partial charge in [-0.3, -0.25) is 0 Å². The van der Waals surface area contributed by atoms with Gasteiger partial charge in [-0.05, 0) is 42.9 Å². The van der Waals surface area contributed by atoms with E-state index >= 15 is 0 Å². The Morgan fingerprint density at radius 2 is 2.04 bits per heavy atom. The molecule has 1 aliphatic rings. The molecule has 1 heterocycles. The average Bonchev–Trinajstić information content (AvgIpc) is 2.70. The fourth-order valence-corrected chi connectivity index (χ4v) is 4.26. The lowest BCUT2D eigenvalue weighted by atomic mass is 9.99. The predicted molar refractivity (Wildman–Crippen MR) is 102 cm³/mol. The Hall–Kier alpha value is -1.56. The molecular formula is C19H30N2O3S. The number of benzene rings is 1. The van der Waals surface area contributed by atoms with Gasteiger partial charge in [-0.2, -0.15) is 0 Å². The quantitative estimate of drug-likeness (QED) is 0.855. The van der Waals surface area contributed by atoms with Gasteiger partial charge in [0.2, 0.25) is 0 Å². The molecule has 2 rings (SSSR count). The molecule has 1 aromatic carbocycles. The van der Waals surface area contributed by atoms with Crippen LogP contribution in [0.2, 0.25) is 0 Å². The molecule has 6 heteroatoms. The summed E-state index contributed by atoms with van der Waals surface area (Å²) in [4.78, 5) is 14.8. The van der Waals surface area contributed by atoms with Gasteiger partial charge in [-0.15, -0.1) is 0 Å². The highest BCUT2D eigenvalue weighted by molar-refractivity contribution is 7.89. The number of nitrogens with zero attached hydrogens (tertiary/aromatic N) is 1. The summed E-state index contributed by atoms with van der Waals surface area (Å²) in [6.45, 7) is 5.16. The highest BCUT2D eigenvalue weighted by Crippen LogP contribution is 2.23. The normalized spacial score (nSPS) is 18.9. The fourth-order valence-electron chi connectivity index (χ4n) is 3.47. The number of nitrogens with one attached hydrogen (secondary N) is 1. The van der Waals surface area contributed by atoms with Gasteiger partial charge in [-0.25, -0.2) is 13.2 Å². The van der Waals surface area contributed by atoms with Crippen LogP contribution < -0.4 is 5.32 Å². The number of hydrogen-bond acceptors (Lipinski definition) is 3. The van der Waals surface area contributed by atoms with Crippen molar-refractivity contribution in [1.82, 2.24) is 4.90 Å². The van der Waals surface area contributed by atoms with Gasteiger partial charge in [0.15, 0.2) is 9.84 Å². The number of carbonyl (C=O) groups excluding carboxylic acids is 1. The Kier molecular flexibility index (Phi) is 6.87. The third-order valence-corrected chi connectivity index (χ3v) is 5.35. The van der Waals surface area contributed by atoms with Gasteiger partial charge in [0.05, 0.1) is 5.75 Å².